The van der Waals surface area contributed by atoms with Crippen molar-refractivity contribution in [2.24, 2.45) is 0 Å². The Kier molecular flexibility index (Phi) is 3.15. The number of carbonyl (C=O) groups is 1. The van der Waals surface area contributed by atoms with Gasteiger partial charge in [0.2, 0.25) is 5.95 Å². The molecule has 21 heavy (non-hydrogen) atoms. The van der Waals surface area contributed by atoms with Gasteiger partial charge in [0.1, 0.15) is 0 Å². The molecule has 3 rings (SSSR count). The van der Waals surface area contributed by atoms with Crippen LogP contribution in [0.4, 0.5) is 0 Å². The van der Waals surface area contributed by atoms with Crippen LogP contribution in [0.25, 0.3) is 16.9 Å². The average Bonchev–Trinajstić information content (AvgIpc) is 2.91. The molecule has 0 fully saturated rings. The van der Waals surface area contributed by atoms with Gasteiger partial charge in [-0.2, -0.15) is 5.10 Å². The van der Waals surface area contributed by atoms with E-state index >= 15 is 0 Å². The minimum Gasteiger partial charge on any atom is -0.478 e. The Bertz CT molecular complexity index is 932. The summed E-state index contributed by atoms with van der Waals surface area (Å²) in [6, 6.07) is 2.88. The highest BCUT2D eigenvalue weighted by Gasteiger charge is 2.11. The first kappa shape index (κ1) is 13.6. The van der Waals surface area contributed by atoms with Gasteiger partial charge in [-0.3, -0.25) is 9.78 Å². The van der Waals surface area contributed by atoms with Crippen molar-refractivity contribution < 1.29 is 9.90 Å². The molecule has 0 atom stereocenters. The zero-order valence-electron chi connectivity index (χ0n) is 10.2. The molecule has 0 amide bonds. The smallest absolute Gasteiger partial charge is 0.338 e. The van der Waals surface area contributed by atoms with E-state index in [0.29, 0.717) is 5.52 Å². The fourth-order valence-electron chi connectivity index (χ4n) is 1.78. The van der Waals surface area contributed by atoms with Crippen molar-refractivity contribution >= 4 is 40.1 Å². The second-order valence-corrected chi connectivity index (χ2v) is 4.97. The summed E-state index contributed by atoms with van der Waals surface area (Å²) in [4.78, 5) is 29.5. The van der Waals surface area contributed by atoms with E-state index in [1.807, 2.05) is 0 Å². The molecule has 0 bridgehead atoms. The minimum absolute atomic E-state index is 0.0214. The summed E-state index contributed by atoms with van der Waals surface area (Å²) in [7, 11) is 0. The standard InChI is InChI=1S/C12H6Cl2N4O3/c13-7-1-6-9(2-8(7)14)16-12(17-10(6)19)18-4-5(3-15-18)11(20)21/h1-4H,(H,20,21)(H,16,17,19). The van der Waals surface area contributed by atoms with Gasteiger partial charge in [0.25, 0.3) is 5.56 Å². The molecule has 0 aliphatic heterocycles. The Morgan fingerprint density at radius 2 is 2.00 bits per heavy atom. The van der Waals surface area contributed by atoms with Crippen molar-refractivity contribution in [3.05, 3.63) is 50.5 Å². The lowest BCUT2D eigenvalue weighted by Crippen LogP contribution is -2.14. The van der Waals surface area contributed by atoms with Crippen LogP contribution in [0.3, 0.4) is 0 Å². The number of aromatic amines is 1. The molecular formula is C12H6Cl2N4O3. The largest absolute Gasteiger partial charge is 0.478 e. The normalized spacial score (nSPS) is 11.0. The molecule has 3 aromatic rings. The van der Waals surface area contributed by atoms with E-state index in [4.69, 9.17) is 28.3 Å². The lowest BCUT2D eigenvalue weighted by molar-refractivity contribution is 0.0697. The molecule has 0 aliphatic carbocycles. The quantitative estimate of drug-likeness (QED) is 0.751. The van der Waals surface area contributed by atoms with Crippen molar-refractivity contribution in [2.45, 2.75) is 0 Å². The first-order valence-electron chi connectivity index (χ1n) is 5.63. The first-order chi connectivity index (χ1) is 9.95. The molecule has 0 radical (unpaired) electrons. The van der Waals surface area contributed by atoms with Crippen LogP contribution in [0.1, 0.15) is 10.4 Å². The minimum atomic E-state index is -1.13. The summed E-state index contributed by atoms with van der Waals surface area (Å²) in [5.41, 5.74) is -0.122. The van der Waals surface area contributed by atoms with Crippen molar-refractivity contribution in [3.63, 3.8) is 0 Å². The average molecular weight is 325 g/mol. The number of rotatable bonds is 2. The number of hydrogen-bond donors (Lipinski definition) is 2. The van der Waals surface area contributed by atoms with Gasteiger partial charge < -0.3 is 5.11 Å². The number of hydrogen-bond acceptors (Lipinski definition) is 4. The third-order valence-corrected chi connectivity index (χ3v) is 3.50. The molecular weight excluding hydrogens is 319 g/mol. The molecule has 2 N–H and O–H groups in total. The second kappa shape index (κ2) is 4.87. The highest BCUT2D eigenvalue weighted by molar-refractivity contribution is 6.42. The predicted octanol–water partition coefficient (Wildman–Crippen LogP) is 2.11. The van der Waals surface area contributed by atoms with Crippen LogP contribution >= 0.6 is 23.2 Å². The molecule has 7 nitrogen and oxygen atoms in total. The number of carboxylic acid groups (broad SMARTS) is 1. The maximum Gasteiger partial charge on any atom is 0.338 e. The zero-order chi connectivity index (χ0) is 15.1. The van der Waals surface area contributed by atoms with Gasteiger partial charge in [-0.05, 0) is 12.1 Å². The lowest BCUT2D eigenvalue weighted by Gasteiger charge is -2.04. The maximum atomic E-state index is 12.0. The van der Waals surface area contributed by atoms with Crippen molar-refractivity contribution in [2.75, 3.05) is 0 Å². The van der Waals surface area contributed by atoms with Crippen molar-refractivity contribution in [1.29, 1.82) is 0 Å². The van der Waals surface area contributed by atoms with Gasteiger partial charge >= 0.3 is 5.97 Å². The summed E-state index contributed by atoms with van der Waals surface area (Å²) in [6.45, 7) is 0. The number of halogens is 2. The highest BCUT2D eigenvalue weighted by Crippen LogP contribution is 2.25. The van der Waals surface area contributed by atoms with E-state index in [-0.39, 0.29) is 26.9 Å². The molecule has 0 saturated heterocycles. The molecule has 0 unspecified atom stereocenters. The van der Waals surface area contributed by atoms with Crippen molar-refractivity contribution in [3.8, 4) is 5.95 Å². The second-order valence-electron chi connectivity index (χ2n) is 4.15. The fraction of sp³-hybridized carbons (Fsp3) is 0. The van der Waals surface area contributed by atoms with Crippen LogP contribution in [0.2, 0.25) is 10.0 Å². The predicted molar refractivity (Wildman–Crippen MR) is 76.5 cm³/mol. The van der Waals surface area contributed by atoms with Gasteiger partial charge in [0, 0.05) is 6.20 Å². The van der Waals surface area contributed by atoms with Gasteiger partial charge in [0.05, 0.1) is 32.7 Å². The lowest BCUT2D eigenvalue weighted by atomic mass is 10.2. The number of H-pyrrole nitrogens is 1. The topological polar surface area (TPSA) is 101 Å². The zero-order valence-corrected chi connectivity index (χ0v) is 11.7. The third kappa shape index (κ3) is 2.37. The Hall–Kier alpha value is -2.38. The summed E-state index contributed by atoms with van der Waals surface area (Å²) >= 11 is 11.8. The number of carboxylic acids is 1. The Labute approximate surface area is 126 Å². The summed E-state index contributed by atoms with van der Waals surface area (Å²) in [5.74, 6) is -1.04. The highest BCUT2D eigenvalue weighted by atomic mass is 35.5. The van der Waals surface area contributed by atoms with E-state index in [2.05, 4.69) is 15.1 Å². The fourth-order valence-corrected chi connectivity index (χ4v) is 2.10. The van der Waals surface area contributed by atoms with Crippen LogP contribution < -0.4 is 5.56 Å². The molecule has 0 spiro atoms. The number of aromatic nitrogens is 4. The van der Waals surface area contributed by atoms with E-state index < -0.39 is 11.5 Å². The van der Waals surface area contributed by atoms with Crippen LogP contribution in [-0.2, 0) is 0 Å². The van der Waals surface area contributed by atoms with Gasteiger partial charge in [-0.15, -0.1) is 0 Å². The maximum absolute atomic E-state index is 12.0. The Morgan fingerprint density at radius 3 is 2.67 bits per heavy atom. The molecule has 0 aliphatic rings. The SMILES string of the molecule is O=C(O)c1cnn(-c2nc3cc(Cl)c(Cl)cc3c(=O)[nH]2)c1. The number of nitrogens with zero attached hydrogens (tertiary/aromatic N) is 3. The number of nitrogens with one attached hydrogen (secondary N) is 1. The molecule has 2 heterocycles. The van der Waals surface area contributed by atoms with Crippen LogP contribution in [-0.4, -0.2) is 30.8 Å². The van der Waals surface area contributed by atoms with Crippen LogP contribution in [0.5, 0.6) is 0 Å². The van der Waals surface area contributed by atoms with Crippen LogP contribution in [0.15, 0.2) is 29.3 Å². The van der Waals surface area contributed by atoms with Gasteiger partial charge in [-0.25, -0.2) is 14.5 Å². The molecule has 2 aromatic heterocycles. The first-order valence-corrected chi connectivity index (χ1v) is 6.39. The molecule has 106 valence electrons. The Balaban J connectivity index is 2.22. The number of fused-ring (bicyclic) bond motifs is 1. The molecule has 1 aromatic carbocycles. The summed E-state index contributed by atoms with van der Waals surface area (Å²) in [5, 5.41) is 13.5. The molecule has 0 saturated carbocycles. The van der Waals surface area contributed by atoms with Crippen LogP contribution in [0, 0.1) is 0 Å². The van der Waals surface area contributed by atoms with E-state index in [1.165, 1.54) is 18.3 Å². The van der Waals surface area contributed by atoms with Gasteiger partial charge in [-0.1, -0.05) is 23.2 Å². The summed E-state index contributed by atoms with van der Waals surface area (Å²) < 4.78 is 1.16. The molecule has 9 heteroatoms. The van der Waals surface area contributed by atoms with E-state index in [9.17, 15) is 9.59 Å². The number of aromatic carboxylic acids is 1. The van der Waals surface area contributed by atoms with E-state index in [0.717, 1.165) is 10.9 Å². The third-order valence-electron chi connectivity index (χ3n) is 2.78. The monoisotopic (exact) mass is 324 g/mol. The summed E-state index contributed by atoms with van der Waals surface area (Å²) in [6.07, 6.45) is 2.39. The Morgan fingerprint density at radius 1 is 1.29 bits per heavy atom. The van der Waals surface area contributed by atoms with Gasteiger partial charge in [0.15, 0.2) is 0 Å². The van der Waals surface area contributed by atoms with Crippen molar-refractivity contribution in [1.82, 2.24) is 19.7 Å². The number of benzene rings is 1. The van der Waals surface area contributed by atoms with E-state index in [1.54, 1.807) is 0 Å².